The van der Waals surface area contributed by atoms with Gasteiger partial charge in [0.15, 0.2) is 0 Å². The Kier molecular flexibility index (Phi) is 5.56. The van der Waals surface area contributed by atoms with Crippen LogP contribution in [0.2, 0.25) is 0 Å². The fourth-order valence-corrected chi connectivity index (χ4v) is 2.69. The van der Waals surface area contributed by atoms with Crippen molar-refractivity contribution in [1.82, 2.24) is 0 Å². The third-order valence-electron chi connectivity index (χ3n) is 3.19. The van der Waals surface area contributed by atoms with E-state index in [1.165, 1.54) is 17.7 Å². The Bertz CT molecular complexity index is 527. The standard InChI is InChI=1S/C16H20FNOS/c1-2-15(18)8-13-7-14(17)10-16(9-13)19-5-3-12-4-6-20-11-12/h4,6-7,9-11,15H,2-3,5,8,18H2,1H3. The van der Waals surface area contributed by atoms with Gasteiger partial charge in [0.25, 0.3) is 0 Å². The third kappa shape index (κ3) is 4.62. The summed E-state index contributed by atoms with van der Waals surface area (Å²) >= 11 is 1.67. The summed E-state index contributed by atoms with van der Waals surface area (Å²) in [5.41, 5.74) is 8.05. The number of hydrogen-bond donors (Lipinski definition) is 1. The molecular formula is C16H20FNOS. The van der Waals surface area contributed by atoms with E-state index in [2.05, 4.69) is 11.4 Å². The highest BCUT2D eigenvalue weighted by Crippen LogP contribution is 2.18. The highest BCUT2D eigenvalue weighted by Gasteiger charge is 2.06. The van der Waals surface area contributed by atoms with Gasteiger partial charge in [0, 0.05) is 18.5 Å². The van der Waals surface area contributed by atoms with Crippen LogP contribution in [0.1, 0.15) is 24.5 Å². The van der Waals surface area contributed by atoms with Gasteiger partial charge in [-0.15, -0.1) is 0 Å². The van der Waals surface area contributed by atoms with E-state index in [4.69, 9.17) is 10.5 Å². The van der Waals surface area contributed by atoms with Crippen molar-refractivity contribution >= 4 is 11.3 Å². The molecule has 1 heterocycles. The lowest BCUT2D eigenvalue weighted by Crippen LogP contribution is -2.21. The van der Waals surface area contributed by atoms with Gasteiger partial charge >= 0.3 is 0 Å². The fraction of sp³-hybridized carbons (Fsp3) is 0.375. The van der Waals surface area contributed by atoms with Crippen LogP contribution in [-0.4, -0.2) is 12.6 Å². The first-order valence-electron chi connectivity index (χ1n) is 6.86. The molecule has 20 heavy (non-hydrogen) atoms. The first-order valence-corrected chi connectivity index (χ1v) is 7.80. The summed E-state index contributed by atoms with van der Waals surface area (Å²) < 4.78 is 19.2. The molecule has 0 bridgehead atoms. The van der Waals surface area contributed by atoms with E-state index in [9.17, 15) is 4.39 Å². The molecule has 108 valence electrons. The summed E-state index contributed by atoms with van der Waals surface area (Å²) in [5.74, 6) is 0.315. The van der Waals surface area contributed by atoms with E-state index in [1.54, 1.807) is 11.3 Å². The molecule has 2 aromatic rings. The summed E-state index contributed by atoms with van der Waals surface area (Å²) in [6.07, 6.45) is 2.39. The molecule has 1 unspecified atom stereocenters. The van der Waals surface area contributed by atoms with Crippen LogP contribution in [0.15, 0.2) is 35.0 Å². The molecule has 0 aliphatic carbocycles. The van der Waals surface area contributed by atoms with E-state index >= 15 is 0 Å². The molecule has 0 aliphatic heterocycles. The van der Waals surface area contributed by atoms with Gasteiger partial charge in [0.05, 0.1) is 6.61 Å². The summed E-state index contributed by atoms with van der Waals surface area (Å²) in [5, 5.41) is 4.14. The van der Waals surface area contributed by atoms with Crippen LogP contribution in [0.4, 0.5) is 4.39 Å². The summed E-state index contributed by atoms with van der Waals surface area (Å²) in [7, 11) is 0. The second kappa shape index (κ2) is 7.41. The number of nitrogens with two attached hydrogens (primary N) is 1. The molecular weight excluding hydrogens is 273 g/mol. The first kappa shape index (κ1) is 15.0. The van der Waals surface area contributed by atoms with E-state index < -0.39 is 0 Å². The van der Waals surface area contributed by atoms with Crippen molar-refractivity contribution in [1.29, 1.82) is 0 Å². The average Bonchev–Trinajstić information content (AvgIpc) is 2.91. The minimum absolute atomic E-state index is 0.0652. The highest BCUT2D eigenvalue weighted by atomic mass is 32.1. The lowest BCUT2D eigenvalue weighted by atomic mass is 10.0. The molecule has 2 nitrogen and oxygen atoms in total. The van der Waals surface area contributed by atoms with Gasteiger partial charge in [-0.25, -0.2) is 4.39 Å². The monoisotopic (exact) mass is 293 g/mol. The Balaban J connectivity index is 1.93. The molecule has 1 atom stereocenters. The molecule has 2 rings (SSSR count). The van der Waals surface area contributed by atoms with Crippen LogP contribution in [0.25, 0.3) is 0 Å². The van der Waals surface area contributed by atoms with E-state index in [0.29, 0.717) is 18.8 Å². The third-order valence-corrected chi connectivity index (χ3v) is 3.92. The second-order valence-electron chi connectivity index (χ2n) is 4.90. The predicted molar refractivity (Wildman–Crippen MR) is 81.9 cm³/mol. The SMILES string of the molecule is CCC(N)Cc1cc(F)cc(OCCc2ccsc2)c1. The first-order chi connectivity index (χ1) is 9.67. The van der Waals surface area contributed by atoms with Crippen molar-refractivity contribution in [2.24, 2.45) is 5.73 Å². The quantitative estimate of drug-likeness (QED) is 0.843. The van der Waals surface area contributed by atoms with Gasteiger partial charge in [-0.05, 0) is 52.9 Å². The summed E-state index contributed by atoms with van der Waals surface area (Å²) in [6.45, 7) is 2.59. The molecule has 2 N–H and O–H groups in total. The summed E-state index contributed by atoms with van der Waals surface area (Å²) in [4.78, 5) is 0. The Morgan fingerprint density at radius 2 is 2.15 bits per heavy atom. The van der Waals surface area contributed by atoms with Crippen LogP contribution < -0.4 is 10.5 Å². The van der Waals surface area contributed by atoms with Crippen molar-refractivity contribution in [3.63, 3.8) is 0 Å². The molecule has 0 aliphatic rings. The number of ether oxygens (including phenoxy) is 1. The molecule has 4 heteroatoms. The van der Waals surface area contributed by atoms with Crippen LogP contribution in [0.3, 0.4) is 0 Å². The molecule has 0 saturated heterocycles. The number of halogens is 1. The largest absolute Gasteiger partial charge is 0.493 e. The minimum Gasteiger partial charge on any atom is -0.493 e. The highest BCUT2D eigenvalue weighted by molar-refractivity contribution is 7.07. The van der Waals surface area contributed by atoms with Crippen LogP contribution >= 0.6 is 11.3 Å². The maximum Gasteiger partial charge on any atom is 0.127 e. The van der Waals surface area contributed by atoms with Gasteiger partial charge in [0.1, 0.15) is 11.6 Å². The number of rotatable bonds is 7. The van der Waals surface area contributed by atoms with Crippen LogP contribution in [0, 0.1) is 5.82 Å². The topological polar surface area (TPSA) is 35.2 Å². The maximum absolute atomic E-state index is 13.6. The van der Waals surface area contributed by atoms with E-state index in [1.807, 2.05) is 18.4 Å². The number of benzene rings is 1. The Morgan fingerprint density at radius 1 is 1.30 bits per heavy atom. The Morgan fingerprint density at radius 3 is 2.85 bits per heavy atom. The van der Waals surface area contributed by atoms with E-state index in [-0.39, 0.29) is 11.9 Å². The molecule has 0 radical (unpaired) electrons. The minimum atomic E-state index is -0.267. The Hall–Kier alpha value is -1.39. The van der Waals surface area contributed by atoms with Gasteiger partial charge in [-0.2, -0.15) is 11.3 Å². The van der Waals surface area contributed by atoms with Crippen molar-refractivity contribution in [3.05, 3.63) is 52.0 Å². The summed E-state index contributed by atoms with van der Waals surface area (Å²) in [6, 6.07) is 6.98. The van der Waals surface area contributed by atoms with Crippen molar-refractivity contribution in [2.45, 2.75) is 32.2 Å². The lowest BCUT2D eigenvalue weighted by molar-refractivity contribution is 0.320. The van der Waals surface area contributed by atoms with Gasteiger partial charge < -0.3 is 10.5 Å². The fourth-order valence-electron chi connectivity index (χ4n) is 1.99. The second-order valence-corrected chi connectivity index (χ2v) is 5.68. The van der Waals surface area contributed by atoms with Gasteiger partial charge in [-0.1, -0.05) is 6.92 Å². The smallest absolute Gasteiger partial charge is 0.127 e. The normalized spacial score (nSPS) is 12.3. The predicted octanol–water partition coefficient (Wildman–Crippen LogP) is 3.79. The molecule has 0 amide bonds. The molecule has 0 fully saturated rings. The number of hydrogen-bond acceptors (Lipinski definition) is 3. The molecule has 1 aromatic heterocycles. The molecule has 1 aromatic carbocycles. The number of thiophene rings is 1. The van der Waals surface area contributed by atoms with Crippen LogP contribution in [-0.2, 0) is 12.8 Å². The molecule has 0 saturated carbocycles. The lowest BCUT2D eigenvalue weighted by Gasteiger charge is -2.11. The van der Waals surface area contributed by atoms with Crippen molar-refractivity contribution < 1.29 is 9.13 Å². The zero-order chi connectivity index (χ0) is 14.4. The zero-order valence-corrected chi connectivity index (χ0v) is 12.5. The maximum atomic E-state index is 13.6. The van der Waals surface area contributed by atoms with Gasteiger partial charge in [0.2, 0.25) is 0 Å². The van der Waals surface area contributed by atoms with Crippen molar-refractivity contribution in [3.8, 4) is 5.75 Å². The zero-order valence-electron chi connectivity index (χ0n) is 11.6. The van der Waals surface area contributed by atoms with Crippen molar-refractivity contribution in [2.75, 3.05) is 6.61 Å². The van der Waals surface area contributed by atoms with Gasteiger partial charge in [-0.3, -0.25) is 0 Å². The Labute approximate surface area is 123 Å². The molecule has 0 spiro atoms. The average molecular weight is 293 g/mol. The van der Waals surface area contributed by atoms with E-state index in [0.717, 1.165) is 18.4 Å². The van der Waals surface area contributed by atoms with Crippen LogP contribution in [0.5, 0.6) is 5.75 Å².